The largest absolute Gasteiger partial charge is 0.393 e. The van der Waals surface area contributed by atoms with Crippen molar-refractivity contribution in [2.45, 2.75) is 31.7 Å². The molecule has 114 valence electrons. The minimum atomic E-state index is -0.431. The molecule has 2 saturated heterocycles. The molecule has 21 heavy (non-hydrogen) atoms. The molecule has 0 radical (unpaired) electrons. The molecule has 1 atom stereocenters. The molecule has 2 aliphatic rings. The third kappa shape index (κ3) is 2.95. The number of nitrogen functional groups attached to an aromatic ring is 1. The first kappa shape index (κ1) is 14.1. The third-order valence-electron chi connectivity index (χ3n) is 4.64. The number of nitrogens with zero attached hydrogens (tertiary/aromatic N) is 3. The SMILES string of the molecule is Nc1cc(N2CCC(N3CCCCC3)C2)ccc1[N+](=O)[O-]. The summed E-state index contributed by atoms with van der Waals surface area (Å²) in [4.78, 5) is 15.3. The Bertz CT molecular complexity index is 528. The van der Waals surface area contributed by atoms with Crippen LogP contribution in [0.1, 0.15) is 25.7 Å². The van der Waals surface area contributed by atoms with Crippen LogP contribution in [-0.2, 0) is 0 Å². The number of hydrogen-bond donors (Lipinski definition) is 1. The molecule has 2 aliphatic heterocycles. The normalized spacial score (nSPS) is 23.4. The number of nitro groups is 1. The van der Waals surface area contributed by atoms with Gasteiger partial charge < -0.3 is 10.6 Å². The third-order valence-corrected chi connectivity index (χ3v) is 4.64. The van der Waals surface area contributed by atoms with Crippen molar-refractivity contribution in [2.24, 2.45) is 0 Å². The van der Waals surface area contributed by atoms with E-state index in [2.05, 4.69) is 9.80 Å². The minimum Gasteiger partial charge on any atom is -0.393 e. The molecule has 6 nitrogen and oxygen atoms in total. The number of nitro benzene ring substituents is 1. The lowest BCUT2D eigenvalue weighted by Crippen LogP contribution is -2.40. The molecule has 1 aromatic carbocycles. The molecule has 0 spiro atoms. The Hall–Kier alpha value is -1.82. The van der Waals surface area contributed by atoms with Crippen molar-refractivity contribution in [3.05, 3.63) is 28.3 Å². The highest BCUT2D eigenvalue weighted by Gasteiger charge is 2.29. The summed E-state index contributed by atoms with van der Waals surface area (Å²) < 4.78 is 0. The molecule has 0 aromatic heterocycles. The van der Waals surface area contributed by atoms with Gasteiger partial charge in [-0.15, -0.1) is 0 Å². The van der Waals surface area contributed by atoms with Crippen molar-refractivity contribution in [3.8, 4) is 0 Å². The van der Waals surface area contributed by atoms with Gasteiger partial charge in [-0.05, 0) is 44.5 Å². The smallest absolute Gasteiger partial charge is 0.292 e. The van der Waals surface area contributed by atoms with E-state index in [-0.39, 0.29) is 11.4 Å². The molecule has 6 heteroatoms. The zero-order valence-electron chi connectivity index (χ0n) is 12.2. The first-order valence-corrected chi connectivity index (χ1v) is 7.68. The number of anilines is 2. The molecule has 0 saturated carbocycles. The number of piperidine rings is 1. The molecule has 2 fully saturated rings. The molecule has 0 amide bonds. The quantitative estimate of drug-likeness (QED) is 0.525. The van der Waals surface area contributed by atoms with E-state index in [0.717, 1.165) is 25.2 Å². The van der Waals surface area contributed by atoms with Crippen molar-refractivity contribution in [1.29, 1.82) is 0 Å². The molecule has 2 N–H and O–H groups in total. The average molecular weight is 290 g/mol. The maximum absolute atomic E-state index is 10.8. The molecule has 1 unspecified atom stereocenters. The maximum Gasteiger partial charge on any atom is 0.292 e. The number of benzene rings is 1. The summed E-state index contributed by atoms with van der Waals surface area (Å²) in [6, 6.07) is 5.67. The highest BCUT2D eigenvalue weighted by atomic mass is 16.6. The lowest BCUT2D eigenvalue weighted by molar-refractivity contribution is -0.383. The van der Waals surface area contributed by atoms with Gasteiger partial charge in [0.25, 0.3) is 5.69 Å². The van der Waals surface area contributed by atoms with E-state index < -0.39 is 4.92 Å². The van der Waals surface area contributed by atoms with Crippen LogP contribution < -0.4 is 10.6 Å². The van der Waals surface area contributed by atoms with Crippen LogP contribution in [-0.4, -0.2) is 42.0 Å². The summed E-state index contributed by atoms with van der Waals surface area (Å²) >= 11 is 0. The zero-order chi connectivity index (χ0) is 14.8. The van der Waals surface area contributed by atoms with E-state index in [1.54, 1.807) is 6.07 Å². The number of nitrogens with two attached hydrogens (primary N) is 1. The summed E-state index contributed by atoms with van der Waals surface area (Å²) in [6.07, 6.45) is 5.13. The summed E-state index contributed by atoms with van der Waals surface area (Å²) in [7, 11) is 0. The van der Waals surface area contributed by atoms with Gasteiger partial charge in [-0.1, -0.05) is 6.42 Å². The number of hydrogen-bond acceptors (Lipinski definition) is 5. The van der Waals surface area contributed by atoms with Crippen LogP contribution in [0, 0.1) is 10.1 Å². The summed E-state index contributed by atoms with van der Waals surface area (Å²) in [5.41, 5.74) is 7.03. The van der Waals surface area contributed by atoms with E-state index in [1.165, 1.54) is 38.4 Å². The number of rotatable bonds is 3. The van der Waals surface area contributed by atoms with Gasteiger partial charge in [0, 0.05) is 30.9 Å². The predicted octanol–water partition coefficient (Wildman–Crippen LogP) is 2.24. The Labute approximate surface area is 124 Å². The van der Waals surface area contributed by atoms with Gasteiger partial charge in [0.05, 0.1) is 4.92 Å². The Kier molecular flexibility index (Phi) is 3.96. The molecule has 3 rings (SSSR count). The van der Waals surface area contributed by atoms with E-state index in [9.17, 15) is 10.1 Å². The van der Waals surface area contributed by atoms with Crippen LogP contribution in [0.25, 0.3) is 0 Å². The molecule has 0 bridgehead atoms. The van der Waals surface area contributed by atoms with Crippen molar-refractivity contribution < 1.29 is 4.92 Å². The molecular weight excluding hydrogens is 268 g/mol. The number of likely N-dealkylation sites (tertiary alicyclic amines) is 1. The fourth-order valence-electron chi connectivity index (χ4n) is 3.46. The monoisotopic (exact) mass is 290 g/mol. The predicted molar refractivity (Wildman–Crippen MR) is 83.6 cm³/mol. The van der Waals surface area contributed by atoms with Crippen molar-refractivity contribution in [1.82, 2.24) is 4.90 Å². The maximum atomic E-state index is 10.8. The standard InChI is InChI=1S/C15H22N4O2/c16-14-10-12(4-5-15(14)19(20)21)18-9-6-13(11-18)17-7-2-1-3-8-17/h4-5,10,13H,1-3,6-9,11,16H2. The van der Waals surface area contributed by atoms with Crippen LogP contribution in [0.15, 0.2) is 18.2 Å². The fraction of sp³-hybridized carbons (Fsp3) is 0.600. The van der Waals surface area contributed by atoms with Crippen LogP contribution >= 0.6 is 0 Å². The first-order chi connectivity index (χ1) is 10.1. The zero-order valence-corrected chi connectivity index (χ0v) is 12.2. The van der Waals surface area contributed by atoms with Gasteiger partial charge in [0.1, 0.15) is 5.69 Å². The minimum absolute atomic E-state index is 0.00877. The molecular formula is C15H22N4O2. The van der Waals surface area contributed by atoms with Crippen molar-refractivity contribution >= 4 is 17.1 Å². The van der Waals surface area contributed by atoms with Crippen LogP contribution in [0.4, 0.5) is 17.1 Å². The second kappa shape index (κ2) is 5.89. The average Bonchev–Trinajstić information content (AvgIpc) is 2.97. The van der Waals surface area contributed by atoms with Gasteiger partial charge in [-0.3, -0.25) is 15.0 Å². The summed E-state index contributed by atoms with van der Waals surface area (Å²) in [5, 5.41) is 10.8. The van der Waals surface area contributed by atoms with Crippen LogP contribution in [0.5, 0.6) is 0 Å². The topological polar surface area (TPSA) is 75.6 Å². The van der Waals surface area contributed by atoms with Crippen molar-refractivity contribution in [3.63, 3.8) is 0 Å². The molecule has 0 aliphatic carbocycles. The van der Waals surface area contributed by atoms with Gasteiger partial charge in [-0.2, -0.15) is 0 Å². The van der Waals surface area contributed by atoms with E-state index >= 15 is 0 Å². The highest BCUT2D eigenvalue weighted by Crippen LogP contribution is 2.30. The highest BCUT2D eigenvalue weighted by molar-refractivity contribution is 5.66. The summed E-state index contributed by atoms with van der Waals surface area (Å²) in [5.74, 6) is 0. The van der Waals surface area contributed by atoms with E-state index in [1.807, 2.05) is 6.07 Å². The fourth-order valence-corrected chi connectivity index (χ4v) is 3.46. The Balaban J connectivity index is 1.68. The lowest BCUT2D eigenvalue weighted by atomic mass is 10.1. The lowest BCUT2D eigenvalue weighted by Gasteiger charge is -2.32. The summed E-state index contributed by atoms with van der Waals surface area (Å²) in [6.45, 7) is 4.41. The Morgan fingerprint density at radius 3 is 2.62 bits per heavy atom. The second-order valence-electron chi connectivity index (χ2n) is 5.99. The van der Waals surface area contributed by atoms with Crippen LogP contribution in [0.2, 0.25) is 0 Å². The van der Waals surface area contributed by atoms with E-state index in [4.69, 9.17) is 5.73 Å². The van der Waals surface area contributed by atoms with Gasteiger partial charge in [0.2, 0.25) is 0 Å². The second-order valence-corrected chi connectivity index (χ2v) is 5.99. The first-order valence-electron chi connectivity index (χ1n) is 7.68. The molecule has 1 aromatic rings. The Morgan fingerprint density at radius 2 is 1.95 bits per heavy atom. The molecule has 2 heterocycles. The van der Waals surface area contributed by atoms with Gasteiger partial charge >= 0.3 is 0 Å². The van der Waals surface area contributed by atoms with Gasteiger partial charge in [0.15, 0.2) is 0 Å². The Morgan fingerprint density at radius 1 is 1.19 bits per heavy atom. The van der Waals surface area contributed by atoms with E-state index in [0.29, 0.717) is 6.04 Å². The van der Waals surface area contributed by atoms with Crippen molar-refractivity contribution in [2.75, 3.05) is 36.8 Å². The van der Waals surface area contributed by atoms with Crippen LogP contribution in [0.3, 0.4) is 0 Å². The van der Waals surface area contributed by atoms with Gasteiger partial charge in [-0.25, -0.2) is 0 Å².